The number of carbonyl (C=O) groups is 1. The van der Waals surface area contributed by atoms with Crippen LogP contribution in [0.25, 0.3) is 10.8 Å². The number of nitrogens with zero attached hydrogens (tertiary/aromatic N) is 4. The zero-order valence-corrected chi connectivity index (χ0v) is 18.2. The van der Waals surface area contributed by atoms with Gasteiger partial charge >= 0.3 is 0 Å². The van der Waals surface area contributed by atoms with Crippen LogP contribution in [0.3, 0.4) is 0 Å². The summed E-state index contributed by atoms with van der Waals surface area (Å²) in [5, 5.41) is 23.4. The van der Waals surface area contributed by atoms with Crippen LogP contribution < -0.4 is 0 Å². The third-order valence-electron chi connectivity index (χ3n) is 5.74. The van der Waals surface area contributed by atoms with Gasteiger partial charge in [0.05, 0.1) is 16.8 Å². The Morgan fingerprint density at radius 1 is 1.09 bits per heavy atom. The summed E-state index contributed by atoms with van der Waals surface area (Å²) in [7, 11) is 0. The summed E-state index contributed by atoms with van der Waals surface area (Å²) >= 11 is 6.31. The maximum absolute atomic E-state index is 13.5. The quantitative estimate of drug-likeness (QED) is 0.457. The van der Waals surface area contributed by atoms with Gasteiger partial charge in [-0.2, -0.15) is 10.2 Å². The van der Waals surface area contributed by atoms with Crippen molar-refractivity contribution in [2.75, 3.05) is 0 Å². The molecule has 0 fully saturated rings. The number of amides is 1. The summed E-state index contributed by atoms with van der Waals surface area (Å²) in [6.45, 7) is 2.52. The van der Waals surface area contributed by atoms with Gasteiger partial charge < -0.3 is 5.11 Å². The van der Waals surface area contributed by atoms with Crippen LogP contribution in [0.15, 0.2) is 78.0 Å². The molecule has 1 aromatic heterocycles. The summed E-state index contributed by atoms with van der Waals surface area (Å²) in [5.41, 5.74) is 2.48. The van der Waals surface area contributed by atoms with Crippen LogP contribution in [-0.2, 0) is 6.54 Å². The molecule has 5 rings (SSSR count). The number of phenols is 1. The highest BCUT2D eigenvalue weighted by atomic mass is 35.5. The van der Waals surface area contributed by atoms with E-state index < -0.39 is 11.9 Å². The first-order valence-electron chi connectivity index (χ1n) is 10.5. The smallest absolute Gasteiger partial charge is 0.296 e. The molecule has 2 heterocycles. The van der Waals surface area contributed by atoms with Gasteiger partial charge in [0.1, 0.15) is 5.75 Å². The van der Waals surface area contributed by atoms with E-state index in [1.807, 2.05) is 43.3 Å². The third kappa shape index (κ3) is 3.52. The molecule has 1 aliphatic rings. The fourth-order valence-corrected chi connectivity index (χ4v) is 4.30. The Bertz CT molecular complexity index is 1360. The van der Waals surface area contributed by atoms with Crippen LogP contribution in [0.2, 0.25) is 5.02 Å². The van der Waals surface area contributed by atoms with Crippen molar-refractivity contribution in [3.63, 3.8) is 0 Å². The number of aromatic hydroxyl groups is 1. The normalized spacial score (nSPS) is 15.9. The lowest BCUT2D eigenvalue weighted by Gasteiger charge is -2.22. The predicted molar refractivity (Wildman–Crippen MR) is 125 cm³/mol. The molecular weight excluding hydrogens is 424 g/mol. The van der Waals surface area contributed by atoms with E-state index >= 15 is 0 Å². The molecule has 3 aromatic carbocycles. The number of hydrazone groups is 1. The highest BCUT2D eigenvalue weighted by molar-refractivity contribution is 6.33. The molecule has 0 bridgehead atoms. The van der Waals surface area contributed by atoms with E-state index in [1.54, 1.807) is 23.0 Å². The largest absolute Gasteiger partial charge is 0.508 e. The predicted octanol–water partition coefficient (Wildman–Crippen LogP) is 5.41. The number of benzene rings is 3. The molecule has 160 valence electrons. The van der Waals surface area contributed by atoms with Crippen LogP contribution in [-0.4, -0.2) is 31.5 Å². The lowest BCUT2D eigenvalue weighted by atomic mass is 9.96. The van der Waals surface area contributed by atoms with Crippen LogP contribution in [0.5, 0.6) is 5.75 Å². The van der Waals surface area contributed by atoms with Crippen LogP contribution >= 0.6 is 11.6 Å². The second kappa shape index (κ2) is 8.13. The van der Waals surface area contributed by atoms with E-state index in [0.717, 1.165) is 22.0 Å². The van der Waals surface area contributed by atoms with Crippen molar-refractivity contribution in [2.45, 2.75) is 25.9 Å². The first kappa shape index (κ1) is 20.3. The van der Waals surface area contributed by atoms with Crippen molar-refractivity contribution in [1.29, 1.82) is 0 Å². The fourth-order valence-electron chi connectivity index (χ4n) is 4.07. The number of hydrogen-bond acceptors (Lipinski definition) is 4. The van der Waals surface area contributed by atoms with Crippen molar-refractivity contribution in [1.82, 2.24) is 14.8 Å². The number of aromatic nitrogens is 2. The van der Waals surface area contributed by atoms with Crippen LogP contribution in [0.4, 0.5) is 0 Å². The minimum absolute atomic E-state index is 0.121. The first-order chi connectivity index (χ1) is 15.5. The van der Waals surface area contributed by atoms with Crippen molar-refractivity contribution in [2.24, 2.45) is 5.10 Å². The van der Waals surface area contributed by atoms with Gasteiger partial charge in [-0.25, -0.2) is 5.01 Å². The van der Waals surface area contributed by atoms with Gasteiger partial charge in [0.2, 0.25) is 0 Å². The Balaban J connectivity index is 1.58. The molecule has 7 heteroatoms. The highest BCUT2D eigenvalue weighted by Gasteiger charge is 2.36. The average Bonchev–Trinajstić information content (AvgIpc) is 3.42. The van der Waals surface area contributed by atoms with Gasteiger partial charge in [-0.3, -0.25) is 9.48 Å². The Morgan fingerprint density at radius 3 is 2.59 bits per heavy atom. The maximum Gasteiger partial charge on any atom is 0.296 e. The number of hydrogen-bond donors (Lipinski definition) is 1. The summed E-state index contributed by atoms with van der Waals surface area (Å²) < 4.78 is 1.62. The van der Waals surface area contributed by atoms with Gasteiger partial charge in [0.15, 0.2) is 5.69 Å². The van der Waals surface area contributed by atoms with Gasteiger partial charge in [-0.15, -0.1) is 0 Å². The summed E-state index contributed by atoms with van der Waals surface area (Å²) in [6, 6.07) is 20.8. The highest BCUT2D eigenvalue weighted by Crippen LogP contribution is 2.38. The standard InChI is InChI=1S/C25H21ClN4O2/c1-2-29-15-20(26)24(28-29)25(32)30-22(19-9-5-6-10-23(19)31)14-21(27-30)18-12-11-16-7-3-4-8-17(16)13-18/h3-13,15,22,31H,2,14H2,1H3. The summed E-state index contributed by atoms with van der Waals surface area (Å²) in [4.78, 5) is 13.5. The molecule has 0 radical (unpaired) electrons. The first-order valence-corrected chi connectivity index (χ1v) is 10.8. The zero-order valence-electron chi connectivity index (χ0n) is 17.4. The molecule has 0 aliphatic carbocycles. The van der Waals surface area contributed by atoms with Gasteiger partial charge in [-0.1, -0.05) is 66.2 Å². The Kier molecular flexibility index (Phi) is 5.15. The topological polar surface area (TPSA) is 70.7 Å². The van der Waals surface area contributed by atoms with E-state index in [4.69, 9.17) is 16.7 Å². The Labute approximate surface area is 190 Å². The molecule has 1 atom stereocenters. The van der Waals surface area contributed by atoms with Crippen molar-refractivity contribution in [3.05, 3.63) is 94.8 Å². The molecule has 0 spiro atoms. The molecule has 0 saturated heterocycles. The average molecular weight is 445 g/mol. The molecular formula is C25H21ClN4O2. The molecule has 1 N–H and O–H groups in total. The molecule has 4 aromatic rings. The molecule has 0 saturated carbocycles. The zero-order chi connectivity index (χ0) is 22.2. The van der Waals surface area contributed by atoms with E-state index in [-0.39, 0.29) is 16.5 Å². The third-order valence-corrected chi connectivity index (χ3v) is 6.02. The molecule has 6 nitrogen and oxygen atoms in total. The maximum atomic E-state index is 13.5. The lowest BCUT2D eigenvalue weighted by Crippen LogP contribution is -2.28. The lowest BCUT2D eigenvalue weighted by molar-refractivity contribution is 0.0703. The molecule has 1 amide bonds. The minimum Gasteiger partial charge on any atom is -0.508 e. The number of carbonyl (C=O) groups excluding carboxylic acids is 1. The summed E-state index contributed by atoms with van der Waals surface area (Å²) in [6.07, 6.45) is 2.10. The van der Waals surface area contributed by atoms with E-state index in [9.17, 15) is 9.90 Å². The van der Waals surface area contributed by atoms with Gasteiger partial charge in [-0.05, 0) is 35.4 Å². The molecule has 1 aliphatic heterocycles. The SMILES string of the molecule is CCn1cc(Cl)c(C(=O)N2N=C(c3ccc4ccccc4c3)CC2c2ccccc2O)n1. The summed E-state index contributed by atoms with van der Waals surface area (Å²) in [5.74, 6) is -0.276. The van der Waals surface area contributed by atoms with Crippen molar-refractivity contribution in [3.8, 4) is 5.75 Å². The Hall–Kier alpha value is -3.64. The van der Waals surface area contributed by atoms with Crippen LogP contribution in [0, 0.1) is 0 Å². The van der Waals surface area contributed by atoms with Crippen molar-refractivity contribution < 1.29 is 9.90 Å². The van der Waals surface area contributed by atoms with Crippen molar-refractivity contribution >= 4 is 34.0 Å². The van der Waals surface area contributed by atoms with E-state index in [2.05, 4.69) is 23.3 Å². The number of fused-ring (bicyclic) bond motifs is 1. The number of phenolic OH excluding ortho intramolecular Hbond substituents is 1. The molecule has 1 unspecified atom stereocenters. The monoisotopic (exact) mass is 444 g/mol. The number of aryl methyl sites for hydroxylation is 1. The van der Waals surface area contributed by atoms with Gasteiger partial charge in [0, 0.05) is 24.7 Å². The number of para-hydroxylation sites is 1. The number of halogens is 1. The van der Waals surface area contributed by atoms with Gasteiger partial charge in [0.25, 0.3) is 5.91 Å². The number of rotatable bonds is 4. The Morgan fingerprint density at radius 2 is 1.84 bits per heavy atom. The van der Waals surface area contributed by atoms with E-state index in [0.29, 0.717) is 18.5 Å². The van der Waals surface area contributed by atoms with E-state index in [1.165, 1.54) is 5.01 Å². The minimum atomic E-state index is -0.465. The van der Waals surface area contributed by atoms with Crippen LogP contribution in [0.1, 0.15) is 41.0 Å². The second-order valence-corrected chi connectivity index (χ2v) is 8.13. The fraction of sp³-hybridized carbons (Fsp3) is 0.160. The second-order valence-electron chi connectivity index (χ2n) is 7.72. The molecule has 32 heavy (non-hydrogen) atoms.